The van der Waals surface area contributed by atoms with Gasteiger partial charge in [0, 0.05) is 0 Å². The summed E-state index contributed by atoms with van der Waals surface area (Å²) in [4.78, 5) is 34.6. The molecule has 0 bridgehead atoms. The number of rotatable bonds is 10. The highest BCUT2D eigenvalue weighted by Gasteiger charge is 2.35. The Morgan fingerprint density at radius 2 is 1.21 bits per heavy atom. The van der Waals surface area contributed by atoms with Crippen LogP contribution in [0.4, 0.5) is 0 Å². The lowest BCUT2D eigenvalue weighted by Crippen LogP contribution is -2.27. The Balaban J connectivity index is 5.04. The number of carbonyl (C=O) groups excluding carboxylic acids is 2. The number of hydrogen-bond donors (Lipinski definition) is 1. The van der Waals surface area contributed by atoms with Gasteiger partial charge in [0.1, 0.15) is 0 Å². The van der Waals surface area contributed by atoms with E-state index in [1.165, 1.54) is 13.8 Å². The molecular formula is C17H31O10P. The lowest BCUT2D eigenvalue weighted by molar-refractivity contribution is -0.163. The molecule has 0 saturated carbocycles. The minimum absolute atomic E-state index is 0.620. The number of hydrogen-bond acceptors (Lipinski definition) is 9. The van der Waals surface area contributed by atoms with Gasteiger partial charge in [0.2, 0.25) is 13.6 Å². The Hall–Kier alpha value is -1.48. The molecule has 0 aromatic heterocycles. The maximum Gasteiger partial charge on any atom is 0.480 e. The molecule has 11 heteroatoms. The van der Waals surface area contributed by atoms with Gasteiger partial charge in [0.25, 0.3) is 0 Å². The Morgan fingerprint density at radius 1 is 0.857 bits per heavy atom. The van der Waals surface area contributed by atoms with Gasteiger partial charge in [-0.15, -0.1) is 0 Å². The molecule has 0 saturated heterocycles. The number of carboxylic acids is 1. The molecule has 0 aliphatic heterocycles. The summed E-state index contributed by atoms with van der Waals surface area (Å²) in [6.45, 7) is 10.9. The van der Waals surface area contributed by atoms with E-state index in [4.69, 9.17) is 28.2 Å². The fourth-order valence-electron chi connectivity index (χ4n) is 1.32. The van der Waals surface area contributed by atoms with E-state index in [1.807, 2.05) is 0 Å². The summed E-state index contributed by atoms with van der Waals surface area (Å²) in [7, 11) is -4.40. The topological polar surface area (TPSA) is 135 Å². The van der Waals surface area contributed by atoms with Crippen LogP contribution in [0.5, 0.6) is 0 Å². The summed E-state index contributed by atoms with van der Waals surface area (Å²) < 4.78 is 37.5. The van der Waals surface area contributed by atoms with Crippen LogP contribution in [0.15, 0.2) is 0 Å². The zero-order valence-electron chi connectivity index (χ0n) is 17.6. The molecule has 0 unspecified atom stereocenters. The number of aliphatic carboxylic acids is 1. The van der Waals surface area contributed by atoms with Crippen molar-refractivity contribution >= 4 is 25.7 Å². The summed E-state index contributed by atoms with van der Waals surface area (Å²) in [6.07, 6.45) is -1.07. The third-order valence-corrected chi connectivity index (χ3v) is 4.85. The molecule has 0 aliphatic carbocycles. The second kappa shape index (κ2) is 10.3. The molecule has 2 atom stereocenters. The molecule has 0 aromatic rings. The van der Waals surface area contributed by atoms with E-state index >= 15 is 0 Å². The van der Waals surface area contributed by atoms with Crippen molar-refractivity contribution < 1.29 is 47.1 Å². The van der Waals surface area contributed by atoms with Crippen LogP contribution in [0, 0.1) is 16.7 Å². The number of phosphoric acid groups is 1. The number of esters is 2. The van der Waals surface area contributed by atoms with E-state index in [0.29, 0.717) is 0 Å². The lowest BCUT2D eigenvalue weighted by atomic mass is 9.98. The summed E-state index contributed by atoms with van der Waals surface area (Å²) in [5.74, 6) is -3.46. The quantitative estimate of drug-likeness (QED) is 0.315. The highest BCUT2D eigenvalue weighted by Crippen LogP contribution is 2.51. The monoisotopic (exact) mass is 426 g/mol. The van der Waals surface area contributed by atoms with Crippen LogP contribution >= 0.6 is 7.82 Å². The van der Waals surface area contributed by atoms with Crippen LogP contribution in [-0.4, -0.2) is 42.7 Å². The van der Waals surface area contributed by atoms with Crippen molar-refractivity contribution in [1.29, 1.82) is 0 Å². The first-order valence-electron chi connectivity index (χ1n) is 8.64. The van der Waals surface area contributed by atoms with E-state index in [1.54, 1.807) is 41.5 Å². The van der Waals surface area contributed by atoms with Crippen molar-refractivity contribution in [3.8, 4) is 0 Å². The van der Waals surface area contributed by atoms with Crippen molar-refractivity contribution in [2.75, 3.05) is 13.6 Å². The van der Waals surface area contributed by atoms with E-state index in [0.717, 1.165) is 0 Å². The molecule has 0 spiro atoms. The zero-order chi connectivity index (χ0) is 22.3. The summed E-state index contributed by atoms with van der Waals surface area (Å²) >= 11 is 0. The molecule has 28 heavy (non-hydrogen) atoms. The van der Waals surface area contributed by atoms with Crippen LogP contribution in [0.1, 0.15) is 55.4 Å². The molecule has 0 rings (SSSR count). The SMILES string of the molecule is C[C@H](C(=O)O)[C@@H](C)OP(=O)(OCOC(=O)C(C)(C)C)OCOC(=O)C(C)(C)C. The molecule has 0 aliphatic rings. The Morgan fingerprint density at radius 3 is 1.50 bits per heavy atom. The smallest absolute Gasteiger partial charge is 0.480 e. The van der Waals surface area contributed by atoms with Crippen molar-refractivity contribution in [3.05, 3.63) is 0 Å². The average Bonchev–Trinajstić information content (AvgIpc) is 2.51. The Labute approximate surface area is 165 Å². The first kappa shape index (κ1) is 26.5. The maximum absolute atomic E-state index is 12.8. The van der Waals surface area contributed by atoms with E-state index in [2.05, 4.69) is 0 Å². The summed E-state index contributed by atoms with van der Waals surface area (Å²) in [5.41, 5.74) is -1.63. The van der Waals surface area contributed by atoms with Gasteiger partial charge in [0.05, 0.1) is 22.9 Å². The van der Waals surface area contributed by atoms with Gasteiger partial charge in [-0.1, -0.05) is 0 Å². The van der Waals surface area contributed by atoms with Gasteiger partial charge < -0.3 is 14.6 Å². The van der Waals surface area contributed by atoms with Crippen molar-refractivity contribution in [3.63, 3.8) is 0 Å². The second-order valence-corrected chi connectivity index (χ2v) is 9.86. The second-order valence-electron chi connectivity index (χ2n) is 8.24. The first-order chi connectivity index (χ1) is 12.5. The number of carboxylic acid groups (broad SMARTS) is 1. The molecule has 10 nitrogen and oxygen atoms in total. The van der Waals surface area contributed by atoms with Gasteiger partial charge in [0.15, 0.2) is 0 Å². The molecule has 0 fully saturated rings. The maximum atomic E-state index is 12.8. The molecule has 0 aromatic carbocycles. The first-order valence-corrected chi connectivity index (χ1v) is 10.1. The fraction of sp³-hybridized carbons (Fsp3) is 0.824. The standard InChI is InChI=1S/C17H31O10P/c1-11(13(18)19)12(2)27-28(22,25-9-23-14(20)16(3,4)5)26-10-24-15(21)17(6,7)8/h11-12H,9-10H2,1-8H3,(H,18,19)/t11-,12+/m0/s1. The largest absolute Gasteiger partial charge is 0.481 e. The number of ether oxygens (including phenoxy) is 2. The molecular weight excluding hydrogens is 395 g/mol. The van der Waals surface area contributed by atoms with E-state index in [9.17, 15) is 18.9 Å². The minimum atomic E-state index is -4.40. The Bertz CT molecular complexity index is 566. The fourth-order valence-corrected chi connectivity index (χ4v) is 2.47. The minimum Gasteiger partial charge on any atom is -0.481 e. The number of carbonyl (C=O) groups is 3. The average molecular weight is 426 g/mol. The van der Waals surface area contributed by atoms with Crippen molar-refractivity contribution in [2.45, 2.75) is 61.5 Å². The van der Waals surface area contributed by atoms with Gasteiger partial charge in [-0.05, 0) is 55.4 Å². The summed E-state index contributed by atoms with van der Waals surface area (Å²) in [5, 5.41) is 9.04. The summed E-state index contributed by atoms with van der Waals surface area (Å²) in [6, 6.07) is 0. The third kappa shape index (κ3) is 9.64. The van der Waals surface area contributed by atoms with E-state index < -0.39 is 62.2 Å². The molecule has 164 valence electrons. The lowest BCUT2D eigenvalue weighted by Gasteiger charge is -2.24. The van der Waals surface area contributed by atoms with Crippen LogP contribution in [0.25, 0.3) is 0 Å². The molecule has 0 radical (unpaired) electrons. The van der Waals surface area contributed by atoms with Gasteiger partial charge in [-0.3, -0.25) is 18.9 Å². The highest BCUT2D eigenvalue weighted by atomic mass is 31.2. The molecule has 1 N–H and O–H groups in total. The van der Waals surface area contributed by atoms with Gasteiger partial charge in [-0.2, -0.15) is 0 Å². The van der Waals surface area contributed by atoms with Gasteiger partial charge >= 0.3 is 25.7 Å². The van der Waals surface area contributed by atoms with Crippen molar-refractivity contribution in [1.82, 2.24) is 0 Å². The highest BCUT2D eigenvalue weighted by molar-refractivity contribution is 7.48. The third-order valence-electron chi connectivity index (χ3n) is 3.42. The van der Waals surface area contributed by atoms with Gasteiger partial charge in [-0.25, -0.2) is 13.6 Å². The predicted molar refractivity (Wildman–Crippen MR) is 98.0 cm³/mol. The molecule has 0 amide bonds. The zero-order valence-corrected chi connectivity index (χ0v) is 18.5. The van der Waals surface area contributed by atoms with E-state index in [-0.39, 0.29) is 0 Å². The van der Waals surface area contributed by atoms with Crippen LogP contribution in [0.3, 0.4) is 0 Å². The predicted octanol–water partition coefficient (Wildman–Crippen LogP) is 3.35. The Kier molecular flexibility index (Phi) is 9.79. The normalized spacial score (nSPS) is 14.9. The van der Waals surface area contributed by atoms with Crippen LogP contribution < -0.4 is 0 Å². The van der Waals surface area contributed by atoms with Crippen LogP contribution in [0.2, 0.25) is 0 Å². The van der Waals surface area contributed by atoms with Crippen molar-refractivity contribution in [2.24, 2.45) is 16.7 Å². The number of phosphoric ester groups is 1. The van der Waals surface area contributed by atoms with Crippen LogP contribution in [-0.2, 0) is 42.0 Å². The molecule has 0 heterocycles.